The summed E-state index contributed by atoms with van der Waals surface area (Å²) >= 11 is 0. The highest BCUT2D eigenvalue weighted by atomic mass is 16.4. The molecule has 0 radical (unpaired) electrons. The van der Waals surface area contributed by atoms with E-state index < -0.39 is 5.97 Å². The lowest BCUT2D eigenvalue weighted by molar-refractivity contribution is 0.0697. The standard InChI is InChI=1S/C13H19NO2/c1-9-6-5-7-10(12(15)16)11(9)14-8-13(2,3)4/h5-7,14H,8H2,1-4H3,(H,15,16). The Morgan fingerprint density at radius 3 is 2.50 bits per heavy atom. The Hall–Kier alpha value is -1.51. The Kier molecular flexibility index (Phi) is 3.58. The number of hydrogen-bond donors (Lipinski definition) is 2. The maximum absolute atomic E-state index is 11.1. The normalized spacial score (nSPS) is 11.2. The fourth-order valence-corrected chi connectivity index (χ4v) is 1.43. The largest absolute Gasteiger partial charge is 0.478 e. The monoisotopic (exact) mass is 221 g/mol. The van der Waals surface area contributed by atoms with Crippen LogP contribution >= 0.6 is 0 Å². The molecule has 3 nitrogen and oxygen atoms in total. The number of aromatic carboxylic acids is 1. The average molecular weight is 221 g/mol. The van der Waals surface area contributed by atoms with Gasteiger partial charge in [-0.1, -0.05) is 32.9 Å². The summed E-state index contributed by atoms with van der Waals surface area (Å²) in [6.45, 7) is 8.99. The molecule has 0 aliphatic carbocycles. The van der Waals surface area contributed by atoms with Crippen LogP contribution in [-0.4, -0.2) is 17.6 Å². The summed E-state index contributed by atoms with van der Waals surface area (Å²) in [5, 5.41) is 12.3. The maximum atomic E-state index is 11.1. The average Bonchev–Trinajstić information content (AvgIpc) is 2.13. The van der Waals surface area contributed by atoms with Gasteiger partial charge in [-0.15, -0.1) is 0 Å². The van der Waals surface area contributed by atoms with Crippen molar-refractivity contribution in [3.8, 4) is 0 Å². The smallest absolute Gasteiger partial charge is 0.337 e. The quantitative estimate of drug-likeness (QED) is 0.824. The summed E-state index contributed by atoms with van der Waals surface area (Å²) in [6.07, 6.45) is 0. The lowest BCUT2D eigenvalue weighted by Crippen LogP contribution is -2.20. The molecule has 0 saturated heterocycles. The van der Waals surface area contributed by atoms with E-state index >= 15 is 0 Å². The topological polar surface area (TPSA) is 49.3 Å². The van der Waals surface area contributed by atoms with Crippen LogP contribution in [0.25, 0.3) is 0 Å². The van der Waals surface area contributed by atoms with E-state index in [0.717, 1.165) is 17.8 Å². The van der Waals surface area contributed by atoms with Crippen LogP contribution in [0.4, 0.5) is 5.69 Å². The van der Waals surface area contributed by atoms with Gasteiger partial charge in [-0.25, -0.2) is 4.79 Å². The van der Waals surface area contributed by atoms with Crippen LogP contribution in [0.15, 0.2) is 18.2 Å². The van der Waals surface area contributed by atoms with Crippen molar-refractivity contribution in [3.05, 3.63) is 29.3 Å². The van der Waals surface area contributed by atoms with Crippen molar-refractivity contribution in [2.24, 2.45) is 5.41 Å². The van der Waals surface area contributed by atoms with E-state index in [4.69, 9.17) is 5.11 Å². The molecular weight excluding hydrogens is 202 g/mol. The number of anilines is 1. The van der Waals surface area contributed by atoms with Crippen LogP contribution < -0.4 is 5.32 Å². The van der Waals surface area contributed by atoms with Crippen LogP contribution in [0.3, 0.4) is 0 Å². The Balaban J connectivity index is 2.98. The molecule has 1 aromatic carbocycles. The van der Waals surface area contributed by atoms with E-state index in [0.29, 0.717) is 5.56 Å². The molecule has 0 aliphatic heterocycles. The zero-order valence-corrected chi connectivity index (χ0v) is 10.3. The first-order valence-electron chi connectivity index (χ1n) is 5.38. The molecule has 0 saturated carbocycles. The van der Waals surface area contributed by atoms with E-state index in [9.17, 15) is 4.79 Å². The van der Waals surface area contributed by atoms with Gasteiger partial charge in [0.15, 0.2) is 0 Å². The molecule has 1 aromatic rings. The molecule has 0 fully saturated rings. The summed E-state index contributed by atoms with van der Waals surface area (Å²) in [7, 11) is 0. The SMILES string of the molecule is Cc1cccc(C(=O)O)c1NCC(C)(C)C. The fraction of sp³-hybridized carbons (Fsp3) is 0.462. The summed E-state index contributed by atoms with van der Waals surface area (Å²) in [4.78, 5) is 11.1. The summed E-state index contributed by atoms with van der Waals surface area (Å²) in [5.74, 6) is -0.889. The molecule has 0 atom stereocenters. The van der Waals surface area contributed by atoms with Gasteiger partial charge in [0.05, 0.1) is 11.3 Å². The van der Waals surface area contributed by atoms with Gasteiger partial charge in [0.2, 0.25) is 0 Å². The molecule has 0 unspecified atom stereocenters. The number of carboxylic acids is 1. The van der Waals surface area contributed by atoms with Crippen molar-refractivity contribution >= 4 is 11.7 Å². The molecule has 0 spiro atoms. The molecule has 1 rings (SSSR count). The number of para-hydroxylation sites is 1. The number of nitrogens with one attached hydrogen (secondary N) is 1. The van der Waals surface area contributed by atoms with Crippen LogP contribution in [-0.2, 0) is 0 Å². The van der Waals surface area contributed by atoms with E-state index in [1.165, 1.54) is 0 Å². The molecule has 88 valence electrons. The lowest BCUT2D eigenvalue weighted by atomic mass is 9.96. The second-order valence-corrected chi connectivity index (χ2v) is 5.22. The van der Waals surface area contributed by atoms with Crippen molar-refractivity contribution in [1.29, 1.82) is 0 Å². The Morgan fingerprint density at radius 1 is 1.38 bits per heavy atom. The minimum absolute atomic E-state index is 0.123. The summed E-state index contributed by atoms with van der Waals surface area (Å²) in [6, 6.07) is 5.30. The number of benzene rings is 1. The van der Waals surface area contributed by atoms with Gasteiger partial charge in [0.25, 0.3) is 0 Å². The lowest BCUT2D eigenvalue weighted by Gasteiger charge is -2.21. The van der Waals surface area contributed by atoms with Crippen LogP contribution in [0, 0.1) is 12.3 Å². The van der Waals surface area contributed by atoms with Gasteiger partial charge >= 0.3 is 5.97 Å². The second-order valence-electron chi connectivity index (χ2n) is 5.22. The molecule has 3 heteroatoms. The van der Waals surface area contributed by atoms with Crippen molar-refractivity contribution in [2.75, 3.05) is 11.9 Å². The maximum Gasteiger partial charge on any atom is 0.337 e. The predicted molar refractivity (Wildman–Crippen MR) is 66.1 cm³/mol. The van der Waals surface area contributed by atoms with Crippen LogP contribution in [0.2, 0.25) is 0 Å². The minimum Gasteiger partial charge on any atom is -0.478 e. The van der Waals surface area contributed by atoms with Crippen molar-refractivity contribution < 1.29 is 9.90 Å². The Labute approximate surface area is 96.5 Å². The minimum atomic E-state index is -0.889. The first-order valence-corrected chi connectivity index (χ1v) is 5.38. The third kappa shape index (κ3) is 3.26. The zero-order chi connectivity index (χ0) is 12.3. The first kappa shape index (κ1) is 12.6. The Morgan fingerprint density at radius 2 is 2.00 bits per heavy atom. The van der Waals surface area contributed by atoms with Gasteiger partial charge in [0, 0.05) is 6.54 Å². The molecule has 0 heterocycles. The first-order chi connectivity index (χ1) is 7.31. The zero-order valence-electron chi connectivity index (χ0n) is 10.3. The highest BCUT2D eigenvalue weighted by molar-refractivity contribution is 5.95. The molecule has 0 aromatic heterocycles. The molecule has 0 bridgehead atoms. The van der Waals surface area contributed by atoms with Crippen LogP contribution in [0.5, 0.6) is 0 Å². The van der Waals surface area contributed by atoms with Gasteiger partial charge < -0.3 is 10.4 Å². The van der Waals surface area contributed by atoms with Crippen molar-refractivity contribution in [2.45, 2.75) is 27.7 Å². The van der Waals surface area contributed by atoms with Crippen LogP contribution in [0.1, 0.15) is 36.7 Å². The summed E-state index contributed by atoms with van der Waals surface area (Å²) < 4.78 is 0. The van der Waals surface area contributed by atoms with Gasteiger partial charge in [-0.3, -0.25) is 0 Å². The number of hydrogen-bond acceptors (Lipinski definition) is 2. The number of carbonyl (C=O) groups is 1. The third-order valence-electron chi connectivity index (χ3n) is 2.30. The van der Waals surface area contributed by atoms with E-state index in [-0.39, 0.29) is 5.41 Å². The van der Waals surface area contributed by atoms with Crippen molar-refractivity contribution in [3.63, 3.8) is 0 Å². The molecule has 0 amide bonds. The van der Waals surface area contributed by atoms with Crippen molar-refractivity contribution in [1.82, 2.24) is 0 Å². The highest BCUT2D eigenvalue weighted by Gasteiger charge is 2.15. The number of rotatable bonds is 3. The molecular formula is C13H19NO2. The highest BCUT2D eigenvalue weighted by Crippen LogP contribution is 2.23. The molecule has 2 N–H and O–H groups in total. The Bertz CT molecular complexity index is 391. The third-order valence-corrected chi connectivity index (χ3v) is 2.30. The van der Waals surface area contributed by atoms with Gasteiger partial charge in [-0.05, 0) is 24.0 Å². The number of aryl methyl sites for hydroxylation is 1. The number of carboxylic acid groups (broad SMARTS) is 1. The molecule has 16 heavy (non-hydrogen) atoms. The fourth-order valence-electron chi connectivity index (χ4n) is 1.43. The van der Waals surface area contributed by atoms with E-state index in [1.807, 2.05) is 13.0 Å². The van der Waals surface area contributed by atoms with E-state index in [2.05, 4.69) is 26.1 Å². The van der Waals surface area contributed by atoms with E-state index in [1.54, 1.807) is 12.1 Å². The molecule has 0 aliphatic rings. The second kappa shape index (κ2) is 4.56. The van der Waals surface area contributed by atoms with Gasteiger partial charge in [-0.2, -0.15) is 0 Å². The van der Waals surface area contributed by atoms with Gasteiger partial charge in [0.1, 0.15) is 0 Å². The predicted octanol–water partition coefficient (Wildman–Crippen LogP) is 3.15. The summed E-state index contributed by atoms with van der Waals surface area (Å²) in [5.41, 5.74) is 2.15.